The maximum Gasteiger partial charge on any atom is 0.258 e. The van der Waals surface area contributed by atoms with Crippen LogP contribution in [-0.2, 0) is 4.79 Å². The predicted octanol–water partition coefficient (Wildman–Crippen LogP) is 5.07. The van der Waals surface area contributed by atoms with E-state index < -0.39 is 0 Å². The second-order valence-electron chi connectivity index (χ2n) is 6.92. The Balaban J connectivity index is 2.00. The number of amides is 1. The predicted molar refractivity (Wildman–Crippen MR) is 103 cm³/mol. The molecular formula is C22H29NO2. The molecule has 0 heterocycles. The molecule has 1 N–H and O–H groups in total. The maximum absolute atomic E-state index is 12.4. The zero-order valence-electron chi connectivity index (χ0n) is 15.9. The Hall–Kier alpha value is -2.29. The van der Waals surface area contributed by atoms with Gasteiger partial charge in [0, 0.05) is 0 Å². The summed E-state index contributed by atoms with van der Waals surface area (Å²) in [7, 11) is 0. The molecule has 0 aromatic heterocycles. The van der Waals surface area contributed by atoms with E-state index in [1.165, 1.54) is 5.56 Å². The minimum Gasteiger partial charge on any atom is -0.483 e. The quantitative estimate of drug-likeness (QED) is 0.764. The molecule has 0 saturated heterocycles. The molecule has 3 nitrogen and oxygen atoms in total. The molecule has 0 aliphatic heterocycles. The van der Waals surface area contributed by atoms with E-state index in [-0.39, 0.29) is 18.6 Å². The Morgan fingerprint density at radius 2 is 1.68 bits per heavy atom. The van der Waals surface area contributed by atoms with Gasteiger partial charge in [-0.1, -0.05) is 62.7 Å². The number of rotatable bonds is 7. The van der Waals surface area contributed by atoms with E-state index in [1.54, 1.807) is 0 Å². The van der Waals surface area contributed by atoms with Crippen LogP contribution < -0.4 is 10.1 Å². The average Bonchev–Trinajstić information content (AvgIpc) is 2.58. The molecule has 0 aliphatic carbocycles. The monoisotopic (exact) mass is 339 g/mol. The van der Waals surface area contributed by atoms with Crippen LogP contribution >= 0.6 is 0 Å². The number of benzene rings is 2. The molecule has 0 fully saturated rings. The first-order valence-corrected chi connectivity index (χ1v) is 9.00. The molecule has 25 heavy (non-hydrogen) atoms. The Labute approximate surface area is 151 Å². The zero-order valence-corrected chi connectivity index (χ0v) is 15.9. The van der Waals surface area contributed by atoms with Crippen LogP contribution in [0, 0.1) is 13.8 Å². The van der Waals surface area contributed by atoms with E-state index in [1.807, 2.05) is 13.0 Å². The third kappa shape index (κ3) is 5.35. The molecule has 1 unspecified atom stereocenters. The minimum atomic E-state index is -0.0939. The van der Waals surface area contributed by atoms with Gasteiger partial charge in [0.15, 0.2) is 6.61 Å². The lowest BCUT2D eigenvalue weighted by Crippen LogP contribution is -2.32. The first kappa shape index (κ1) is 19.0. The second-order valence-corrected chi connectivity index (χ2v) is 6.92. The SMILES string of the molecule is CCC(NC(=O)COc1cc(C)ccc1C(C)C)c1ccc(C)cc1. The Kier molecular flexibility index (Phi) is 6.63. The highest BCUT2D eigenvalue weighted by Gasteiger charge is 2.14. The molecule has 1 atom stereocenters. The van der Waals surface area contributed by atoms with Crippen LogP contribution in [-0.4, -0.2) is 12.5 Å². The molecule has 0 spiro atoms. The van der Waals surface area contributed by atoms with E-state index in [0.717, 1.165) is 28.9 Å². The van der Waals surface area contributed by atoms with Gasteiger partial charge >= 0.3 is 0 Å². The van der Waals surface area contributed by atoms with E-state index in [4.69, 9.17) is 4.74 Å². The molecule has 0 aliphatic rings. The van der Waals surface area contributed by atoms with Gasteiger partial charge in [-0.25, -0.2) is 0 Å². The summed E-state index contributed by atoms with van der Waals surface area (Å²) in [4.78, 5) is 12.4. The van der Waals surface area contributed by atoms with Crippen molar-refractivity contribution >= 4 is 5.91 Å². The summed E-state index contributed by atoms with van der Waals surface area (Å²) in [6.07, 6.45) is 0.844. The summed E-state index contributed by atoms with van der Waals surface area (Å²) in [5.74, 6) is 1.06. The van der Waals surface area contributed by atoms with Crippen LogP contribution in [0.15, 0.2) is 42.5 Å². The van der Waals surface area contributed by atoms with E-state index in [9.17, 15) is 4.79 Å². The number of hydrogen-bond acceptors (Lipinski definition) is 2. The maximum atomic E-state index is 12.4. The minimum absolute atomic E-state index is 0.0128. The van der Waals surface area contributed by atoms with Crippen LogP contribution in [0.1, 0.15) is 61.4 Å². The van der Waals surface area contributed by atoms with Crippen LogP contribution in [0.3, 0.4) is 0 Å². The number of hydrogen-bond donors (Lipinski definition) is 1. The fourth-order valence-corrected chi connectivity index (χ4v) is 2.84. The lowest BCUT2D eigenvalue weighted by molar-refractivity contribution is -0.123. The summed E-state index contributed by atoms with van der Waals surface area (Å²) < 4.78 is 5.83. The third-order valence-corrected chi connectivity index (χ3v) is 4.37. The van der Waals surface area contributed by atoms with Crippen molar-refractivity contribution in [1.29, 1.82) is 0 Å². The fraction of sp³-hybridized carbons (Fsp3) is 0.409. The molecule has 2 aromatic rings. The van der Waals surface area contributed by atoms with Gasteiger partial charge in [0.1, 0.15) is 5.75 Å². The van der Waals surface area contributed by atoms with Crippen molar-refractivity contribution < 1.29 is 9.53 Å². The summed E-state index contributed by atoms with van der Waals surface area (Å²) in [6, 6.07) is 14.5. The van der Waals surface area contributed by atoms with Crippen molar-refractivity contribution in [1.82, 2.24) is 5.32 Å². The zero-order chi connectivity index (χ0) is 18.4. The molecule has 134 valence electrons. The van der Waals surface area contributed by atoms with Gasteiger partial charge in [-0.05, 0) is 48.9 Å². The molecule has 0 saturated carbocycles. The van der Waals surface area contributed by atoms with E-state index >= 15 is 0 Å². The molecule has 2 rings (SSSR count). The number of aryl methyl sites for hydroxylation is 2. The standard InChI is InChI=1S/C22H29NO2/c1-6-20(18-10-7-16(4)8-11-18)23-22(24)14-25-21-13-17(5)9-12-19(21)15(2)3/h7-13,15,20H,6,14H2,1-5H3,(H,23,24). The molecule has 0 radical (unpaired) electrons. The number of carbonyl (C=O) groups is 1. The van der Waals surface area contributed by atoms with Gasteiger partial charge in [0.25, 0.3) is 5.91 Å². The average molecular weight is 339 g/mol. The lowest BCUT2D eigenvalue weighted by Gasteiger charge is -2.19. The second kappa shape index (κ2) is 8.70. The number of nitrogens with one attached hydrogen (secondary N) is 1. The van der Waals surface area contributed by atoms with Gasteiger partial charge in [0.2, 0.25) is 0 Å². The summed E-state index contributed by atoms with van der Waals surface area (Å²) in [5.41, 5.74) is 4.60. The Morgan fingerprint density at radius 1 is 1.04 bits per heavy atom. The highest BCUT2D eigenvalue weighted by atomic mass is 16.5. The van der Waals surface area contributed by atoms with Crippen molar-refractivity contribution in [3.05, 3.63) is 64.7 Å². The number of carbonyl (C=O) groups excluding carboxylic acids is 1. The van der Waals surface area contributed by atoms with Crippen molar-refractivity contribution in [2.75, 3.05) is 6.61 Å². The van der Waals surface area contributed by atoms with Crippen LogP contribution in [0.25, 0.3) is 0 Å². The van der Waals surface area contributed by atoms with Crippen LogP contribution in [0.5, 0.6) is 5.75 Å². The largest absolute Gasteiger partial charge is 0.483 e. The highest BCUT2D eigenvalue weighted by molar-refractivity contribution is 5.78. The topological polar surface area (TPSA) is 38.3 Å². The van der Waals surface area contributed by atoms with Crippen molar-refractivity contribution in [2.45, 2.75) is 53.0 Å². The van der Waals surface area contributed by atoms with Gasteiger partial charge in [-0.2, -0.15) is 0 Å². The van der Waals surface area contributed by atoms with Crippen LogP contribution in [0.2, 0.25) is 0 Å². The van der Waals surface area contributed by atoms with Gasteiger partial charge in [-0.3, -0.25) is 4.79 Å². The van der Waals surface area contributed by atoms with Crippen LogP contribution in [0.4, 0.5) is 0 Å². The van der Waals surface area contributed by atoms with Gasteiger partial charge < -0.3 is 10.1 Å². The third-order valence-electron chi connectivity index (χ3n) is 4.37. The van der Waals surface area contributed by atoms with Crippen molar-refractivity contribution in [2.24, 2.45) is 0 Å². The van der Waals surface area contributed by atoms with E-state index in [0.29, 0.717) is 5.92 Å². The molecule has 1 amide bonds. The lowest BCUT2D eigenvalue weighted by atomic mass is 10.0. The van der Waals surface area contributed by atoms with Gasteiger partial charge in [0.05, 0.1) is 6.04 Å². The number of ether oxygens (including phenoxy) is 1. The van der Waals surface area contributed by atoms with Crippen molar-refractivity contribution in [3.8, 4) is 5.75 Å². The van der Waals surface area contributed by atoms with Crippen molar-refractivity contribution in [3.63, 3.8) is 0 Å². The molecule has 2 aromatic carbocycles. The molecule has 0 bridgehead atoms. The fourth-order valence-electron chi connectivity index (χ4n) is 2.84. The summed E-state index contributed by atoms with van der Waals surface area (Å²) >= 11 is 0. The molecule has 3 heteroatoms. The Morgan fingerprint density at radius 3 is 2.28 bits per heavy atom. The van der Waals surface area contributed by atoms with E-state index in [2.05, 4.69) is 69.4 Å². The summed E-state index contributed by atoms with van der Waals surface area (Å²) in [6.45, 7) is 10.5. The smallest absolute Gasteiger partial charge is 0.258 e. The first-order valence-electron chi connectivity index (χ1n) is 9.00. The normalized spacial score (nSPS) is 12.1. The first-order chi connectivity index (χ1) is 11.9. The summed E-state index contributed by atoms with van der Waals surface area (Å²) in [5, 5.41) is 3.07. The molecular weight excluding hydrogens is 310 g/mol. The Bertz CT molecular complexity index is 704. The highest BCUT2D eigenvalue weighted by Crippen LogP contribution is 2.27. The van der Waals surface area contributed by atoms with Gasteiger partial charge in [-0.15, -0.1) is 0 Å².